The first-order valence-corrected chi connectivity index (χ1v) is 15.6. The number of aromatic nitrogens is 4. The zero-order chi connectivity index (χ0) is 31.6. The summed E-state index contributed by atoms with van der Waals surface area (Å²) in [6.45, 7) is 1.37. The Hall–Kier alpha value is -3.27. The van der Waals surface area contributed by atoms with Crippen LogP contribution in [0.2, 0.25) is 0 Å². The Kier molecular flexibility index (Phi) is 12.3. The molecule has 3 heterocycles. The van der Waals surface area contributed by atoms with Crippen molar-refractivity contribution in [3.05, 3.63) is 89.3 Å². The monoisotopic (exact) mass is 632 g/mol. The van der Waals surface area contributed by atoms with Gasteiger partial charge < -0.3 is 24.8 Å². The fourth-order valence-electron chi connectivity index (χ4n) is 5.16. The lowest BCUT2D eigenvalue weighted by Gasteiger charge is -2.17. The average Bonchev–Trinajstić information content (AvgIpc) is 3.39. The highest BCUT2D eigenvalue weighted by atomic mass is 32.2. The van der Waals surface area contributed by atoms with Gasteiger partial charge in [0.25, 0.3) is 11.1 Å². The number of nitrogens with one attached hydrogen (secondary N) is 1. The number of aromatic amines is 1. The van der Waals surface area contributed by atoms with Gasteiger partial charge in [-0.3, -0.25) is 28.3 Å². The fraction of sp³-hybridized carbons (Fsp3) is 0.533. The molecule has 0 amide bonds. The van der Waals surface area contributed by atoms with E-state index in [0.29, 0.717) is 35.4 Å². The lowest BCUT2D eigenvalue weighted by molar-refractivity contribution is -0.0460. The summed E-state index contributed by atoms with van der Waals surface area (Å²) in [6, 6.07) is 9.44. The zero-order valence-electron chi connectivity index (χ0n) is 24.7. The summed E-state index contributed by atoms with van der Waals surface area (Å²) >= 11 is 1.32. The number of aliphatic hydroxyl groups is 3. The first-order chi connectivity index (χ1) is 21.2. The van der Waals surface area contributed by atoms with Crippen molar-refractivity contribution < 1.29 is 24.8 Å². The van der Waals surface area contributed by atoms with E-state index >= 15 is 0 Å². The zero-order valence-corrected chi connectivity index (χ0v) is 25.5. The van der Waals surface area contributed by atoms with E-state index in [9.17, 15) is 29.4 Å². The van der Waals surface area contributed by atoms with E-state index in [-0.39, 0.29) is 45.1 Å². The molecule has 1 saturated heterocycles. The van der Waals surface area contributed by atoms with E-state index < -0.39 is 35.4 Å². The van der Waals surface area contributed by atoms with Crippen LogP contribution in [0.4, 0.5) is 0 Å². The molecule has 3 aromatic rings. The van der Waals surface area contributed by atoms with E-state index in [2.05, 4.69) is 4.98 Å². The van der Waals surface area contributed by atoms with E-state index in [1.165, 1.54) is 31.7 Å². The molecule has 0 unspecified atom stereocenters. The predicted octanol–water partition coefficient (Wildman–Crippen LogP) is 1.12. The van der Waals surface area contributed by atoms with Crippen LogP contribution in [-0.4, -0.2) is 66.0 Å². The van der Waals surface area contributed by atoms with Crippen LogP contribution in [0.25, 0.3) is 0 Å². The number of ether oxygens (including phenoxy) is 2. The molecular formula is C30H40N4O9S. The second-order valence-electron chi connectivity index (χ2n) is 10.7. The van der Waals surface area contributed by atoms with Gasteiger partial charge in [0.1, 0.15) is 19.1 Å². The second-order valence-corrected chi connectivity index (χ2v) is 11.8. The molecule has 44 heavy (non-hydrogen) atoms. The van der Waals surface area contributed by atoms with Gasteiger partial charge >= 0.3 is 11.4 Å². The lowest BCUT2D eigenvalue weighted by atomic mass is 10.1. The molecule has 4 rings (SSSR count). The van der Waals surface area contributed by atoms with Gasteiger partial charge in [0, 0.05) is 35.2 Å². The lowest BCUT2D eigenvalue weighted by Crippen LogP contribution is -2.42. The molecule has 1 fully saturated rings. The number of H-pyrrole nitrogens is 1. The molecule has 1 aliphatic heterocycles. The Morgan fingerprint density at radius 1 is 1.02 bits per heavy atom. The van der Waals surface area contributed by atoms with Crippen molar-refractivity contribution in [1.29, 1.82) is 0 Å². The highest BCUT2D eigenvalue weighted by Gasteiger charge is 2.35. The molecule has 240 valence electrons. The first-order valence-electron chi connectivity index (χ1n) is 14.8. The largest absolute Gasteiger partial charge is 0.394 e. The maximum atomic E-state index is 13.4. The Labute approximate surface area is 257 Å². The topological polar surface area (TPSA) is 178 Å². The van der Waals surface area contributed by atoms with E-state index in [1.807, 2.05) is 30.3 Å². The average molecular weight is 633 g/mol. The highest BCUT2D eigenvalue weighted by molar-refractivity contribution is 7.99. The third kappa shape index (κ3) is 8.25. The predicted molar refractivity (Wildman–Crippen MR) is 163 cm³/mol. The molecule has 3 atom stereocenters. The first kappa shape index (κ1) is 33.6. The highest BCUT2D eigenvalue weighted by Crippen LogP contribution is 2.29. The summed E-state index contributed by atoms with van der Waals surface area (Å²) in [5.74, 6) is 0. The standard InChI is InChI=1S/C30H40N4O9S/c1-20-27(39)32(30(41)34(19-42-15-14-35)28(20)44-22-11-7-5-8-12-22)13-9-4-2-3-6-10-21-17-33(29(40)31-26(21)38)25-16-23(37)24(18-36)43-25/h5,7-8,11-12,17,23-25,35-37H,2-4,6,9-10,13-16,18-19H2,1H3,(H,31,38,40)/t23-,24+,25+/m0/s1. The van der Waals surface area contributed by atoms with Gasteiger partial charge in [0.05, 0.1) is 31.0 Å². The molecule has 0 aliphatic carbocycles. The Morgan fingerprint density at radius 2 is 1.75 bits per heavy atom. The minimum atomic E-state index is -0.902. The number of nitrogens with zero attached hydrogens (tertiary/aromatic N) is 3. The van der Waals surface area contributed by atoms with Crippen molar-refractivity contribution >= 4 is 11.8 Å². The summed E-state index contributed by atoms with van der Waals surface area (Å²) < 4.78 is 14.9. The van der Waals surface area contributed by atoms with Crippen LogP contribution in [0.3, 0.4) is 0 Å². The summed E-state index contributed by atoms with van der Waals surface area (Å²) in [5.41, 5.74) is -1.03. The van der Waals surface area contributed by atoms with Crippen LogP contribution < -0.4 is 22.5 Å². The third-order valence-electron chi connectivity index (χ3n) is 7.57. The van der Waals surface area contributed by atoms with Gasteiger partial charge in [0.15, 0.2) is 0 Å². The van der Waals surface area contributed by atoms with E-state index in [0.717, 1.165) is 24.2 Å². The second kappa shape index (κ2) is 16.2. The van der Waals surface area contributed by atoms with Crippen LogP contribution in [0, 0.1) is 6.92 Å². The molecule has 0 bridgehead atoms. The Morgan fingerprint density at radius 3 is 2.45 bits per heavy atom. The summed E-state index contributed by atoms with van der Waals surface area (Å²) in [4.78, 5) is 54.4. The number of aryl methyl sites for hydroxylation is 1. The van der Waals surface area contributed by atoms with Crippen molar-refractivity contribution in [2.75, 3.05) is 19.8 Å². The summed E-state index contributed by atoms with van der Waals surface area (Å²) in [6.07, 6.45) is 3.25. The minimum Gasteiger partial charge on any atom is -0.394 e. The molecule has 2 aromatic heterocycles. The molecule has 0 saturated carbocycles. The number of rotatable bonds is 16. The van der Waals surface area contributed by atoms with Crippen LogP contribution in [0.15, 0.2) is 65.6 Å². The van der Waals surface area contributed by atoms with Crippen molar-refractivity contribution in [3.63, 3.8) is 0 Å². The van der Waals surface area contributed by atoms with Gasteiger partial charge in [0.2, 0.25) is 0 Å². The number of aliphatic hydroxyl groups excluding tert-OH is 3. The molecule has 0 spiro atoms. The van der Waals surface area contributed by atoms with Gasteiger partial charge in [-0.05, 0) is 38.3 Å². The number of benzene rings is 1. The summed E-state index contributed by atoms with van der Waals surface area (Å²) in [7, 11) is 0. The van der Waals surface area contributed by atoms with Crippen LogP contribution in [0.5, 0.6) is 0 Å². The molecule has 13 nitrogen and oxygen atoms in total. The van der Waals surface area contributed by atoms with Crippen LogP contribution in [-0.2, 0) is 29.2 Å². The number of hydrogen-bond donors (Lipinski definition) is 4. The molecule has 0 radical (unpaired) electrons. The smallest absolute Gasteiger partial charge is 0.333 e. The van der Waals surface area contributed by atoms with Gasteiger partial charge in [-0.15, -0.1) is 0 Å². The normalized spacial score (nSPS) is 18.2. The van der Waals surface area contributed by atoms with Crippen molar-refractivity contribution in [2.24, 2.45) is 0 Å². The molecule has 14 heteroatoms. The number of unbranched alkanes of at least 4 members (excludes halogenated alkanes) is 4. The van der Waals surface area contributed by atoms with Crippen LogP contribution in [0.1, 0.15) is 55.9 Å². The third-order valence-corrected chi connectivity index (χ3v) is 8.80. The van der Waals surface area contributed by atoms with E-state index in [1.54, 1.807) is 6.92 Å². The van der Waals surface area contributed by atoms with Crippen LogP contribution >= 0.6 is 11.8 Å². The maximum absolute atomic E-state index is 13.4. The Balaban J connectivity index is 1.33. The number of hydrogen-bond acceptors (Lipinski definition) is 10. The quantitative estimate of drug-likeness (QED) is 0.132. The summed E-state index contributed by atoms with van der Waals surface area (Å²) in [5, 5.41) is 28.9. The maximum Gasteiger partial charge on any atom is 0.333 e. The van der Waals surface area contributed by atoms with Gasteiger partial charge in [-0.25, -0.2) is 9.59 Å². The van der Waals surface area contributed by atoms with Gasteiger partial charge in [-0.2, -0.15) is 0 Å². The van der Waals surface area contributed by atoms with Gasteiger partial charge in [-0.1, -0.05) is 49.2 Å². The van der Waals surface area contributed by atoms with E-state index in [4.69, 9.17) is 14.6 Å². The van der Waals surface area contributed by atoms with Crippen molar-refractivity contribution in [2.45, 2.75) is 93.5 Å². The molecular weight excluding hydrogens is 592 g/mol. The van der Waals surface area contributed by atoms with Crippen molar-refractivity contribution in [3.8, 4) is 0 Å². The molecule has 1 aliphatic rings. The minimum absolute atomic E-state index is 0.0641. The Bertz CT molecular complexity index is 1620. The molecule has 1 aromatic carbocycles. The SMILES string of the molecule is Cc1c(Sc2ccccc2)n(COCCO)c(=O)n(CCCCCCCc2cn([C@H]3C[C@H](O)[C@@H](CO)O3)c(=O)[nH]c2=O)c1=O. The van der Waals surface area contributed by atoms with Crippen molar-refractivity contribution in [1.82, 2.24) is 18.7 Å². The fourth-order valence-corrected chi connectivity index (χ4v) is 6.16. The molecule has 4 N–H and O–H groups in total.